The lowest BCUT2D eigenvalue weighted by molar-refractivity contribution is -0.139. The largest absolute Gasteiger partial charge is 0.381 e. The van der Waals surface area contributed by atoms with Crippen LogP contribution in [0.5, 0.6) is 0 Å². The summed E-state index contributed by atoms with van der Waals surface area (Å²) in [5.41, 5.74) is 2.46. The smallest absolute Gasteiger partial charge is 0.225 e. The first-order valence-corrected chi connectivity index (χ1v) is 8.50. The molecule has 2 aliphatic rings. The average molecular weight is 302 g/mol. The molecule has 4 nitrogen and oxygen atoms in total. The van der Waals surface area contributed by atoms with Gasteiger partial charge in [-0.15, -0.1) is 0 Å². The molecule has 1 aromatic rings. The number of carbonyl (C=O) groups excluding carboxylic acids is 1. The first kappa shape index (κ1) is 15.5. The molecule has 0 unspecified atom stereocenters. The molecule has 2 saturated heterocycles. The maximum absolute atomic E-state index is 12.5. The molecule has 0 spiro atoms. The van der Waals surface area contributed by atoms with Crippen LogP contribution in [0.15, 0.2) is 18.3 Å². The lowest BCUT2D eigenvalue weighted by atomic mass is 9.89. The van der Waals surface area contributed by atoms with Crippen LogP contribution in [0, 0.1) is 18.8 Å². The van der Waals surface area contributed by atoms with Crippen LogP contribution in [-0.2, 0) is 16.0 Å². The summed E-state index contributed by atoms with van der Waals surface area (Å²) in [6.07, 6.45) is 7.05. The summed E-state index contributed by atoms with van der Waals surface area (Å²) in [5, 5.41) is 0. The van der Waals surface area contributed by atoms with Gasteiger partial charge in [0.1, 0.15) is 0 Å². The minimum absolute atomic E-state index is 0.202. The quantitative estimate of drug-likeness (QED) is 0.862. The molecule has 22 heavy (non-hydrogen) atoms. The van der Waals surface area contributed by atoms with Crippen LogP contribution in [0.1, 0.15) is 36.9 Å². The number of ether oxygens (including phenoxy) is 1. The Morgan fingerprint density at radius 1 is 1.27 bits per heavy atom. The van der Waals surface area contributed by atoms with Gasteiger partial charge in [-0.2, -0.15) is 0 Å². The van der Waals surface area contributed by atoms with Gasteiger partial charge in [-0.3, -0.25) is 9.78 Å². The number of piperidine rings is 1. The van der Waals surface area contributed by atoms with Gasteiger partial charge in [0.15, 0.2) is 0 Å². The molecule has 0 radical (unpaired) electrons. The molecule has 0 atom stereocenters. The third-order valence-corrected chi connectivity index (χ3v) is 4.98. The van der Waals surface area contributed by atoms with E-state index in [1.54, 1.807) is 0 Å². The van der Waals surface area contributed by atoms with Crippen LogP contribution in [-0.4, -0.2) is 42.1 Å². The molecule has 0 N–H and O–H groups in total. The van der Waals surface area contributed by atoms with E-state index < -0.39 is 0 Å². The first-order valence-electron chi connectivity index (χ1n) is 8.50. The Labute approximate surface area is 132 Å². The van der Waals surface area contributed by atoms with Crippen molar-refractivity contribution >= 4 is 5.91 Å². The fourth-order valence-corrected chi connectivity index (χ4v) is 3.62. The van der Waals surface area contributed by atoms with E-state index in [1.165, 1.54) is 5.56 Å². The number of carbonyl (C=O) groups is 1. The van der Waals surface area contributed by atoms with Gasteiger partial charge in [0.2, 0.25) is 5.91 Å². The molecule has 1 amide bonds. The molecule has 120 valence electrons. The molecule has 0 bridgehead atoms. The normalized spacial score (nSPS) is 21.0. The standard InChI is InChI=1S/C18H26N2O2/c1-14-12-16(2-7-19-14)13-15-3-8-20(9-4-15)18(21)17-5-10-22-11-6-17/h2,7,12,15,17H,3-6,8-11,13H2,1H3. The SMILES string of the molecule is Cc1cc(CC2CCN(C(=O)C3CCOCC3)CC2)ccn1. The molecule has 4 heteroatoms. The van der Waals surface area contributed by atoms with E-state index in [4.69, 9.17) is 4.74 Å². The van der Waals surface area contributed by atoms with Crippen molar-refractivity contribution in [2.75, 3.05) is 26.3 Å². The van der Waals surface area contributed by atoms with Crippen molar-refractivity contribution < 1.29 is 9.53 Å². The summed E-state index contributed by atoms with van der Waals surface area (Å²) in [5.74, 6) is 1.26. The lowest BCUT2D eigenvalue weighted by Gasteiger charge is -2.35. The summed E-state index contributed by atoms with van der Waals surface area (Å²) in [7, 11) is 0. The highest BCUT2D eigenvalue weighted by Gasteiger charge is 2.29. The van der Waals surface area contributed by atoms with Crippen LogP contribution in [0.2, 0.25) is 0 Å². The molecule has 2 aliphatic heterocycles. The molecular formula is C18H26N2O2. The highest BCUT2D eigenvalue weighted by Crippen LogP contribution is 2.25. The monoisotopic (exact) mass is 302 g/mol. The summed E-state index contributed by atoms with van der Waals surface area (Å²) >= 11 is 0. The van der Waals surface area contributed by atoms with Crippen molar-refractivity contribution in [2.45, 2.75) is 39.0 Å². The van der Waals surface area contributed by atoms with Gasteiger partial charge < -0.3 is 9.64 Å². The summed E-state index contributed by atoms with van der Waals surface area (Å²) in [6, 6.07) is 4.30. The van der Waals surface area contributed by atoms with Crippen LogP contribution < -0.4 is 0 Å². The fraction of sp³-hybridized carbons (Fsp3) is 0.667. The zero-order valence-electron chi connectivity index (χ0n) is 13.5. The molecule has 2 fully saturated rings. The molecular weight excluding hydrogens is 276 g/mol. The number of pyridine rings is 1. The maximum Gasteiger partial charge on any atom is 0.225 e. The number of likely N-dealkylation sites (tertiary alicyclic amines) is 1. The Kier molecular flexibility index (Phi) is 5.08. The fourth-order valence-electron chi connectivity index (χ4n) is 3.62. The number of rotatable bonds is 3. The minimum atomic E-state index is 0.202. The van der Waals surface area contributed by atoms with Crippen molar-refractivity contribution in [3.63, 3.8) is 0 Å². The van der Waals surface area contributed by atoms with Gasteiger partial charge in [0, 0.05) is 44.1 Å². The van der Waals surface area contributed by atoms with E-state index >= 15 is 0 Å². The molecule has 1 aromatic heterocycles. The summed E-state index contributed by atoms with van der Waals surface area (Å²) in [4.78, 5) is 18.9. The second kappa shape index (κ2) is 7.23. The number of nitrogens with zero attached hydrogens (tertiary/aromatic N) is 2. The second-order valence-corrected chi connectivity index (χ2v) is 6.66. The van der Waals surface area contributed by atoms with Gasteiger partial charge in [0.25, 0.3) is 0 Å². The highest BCUT2D eigenvalue weighted by atomic mass is 16.5. The van der Waals surface area contributed by atoms with E-state index in [9.17, 15) is 4.79 Å². The van der Waals surface area contributed by atoms with Crippen LogP contribution >= 0.6 is 0 Å². The Balaban J connectivity index is 1.48. The zero-order chi connectivity index (χ0) is 15.4. The van der Waals surface area contributed by atoms with Gasteiger partial charge in [-0.25, -0.2) is 0 Å². The summed E-state index contributed by atoms with van der Waals surface area (Å²) < 4.78 is 5.35. The van der Waals surface area contributed by atoms with Crippen LogP contribution in [0.4, 0.5) is 0 Å². The highest BCUT2D eigenvalue weighted by molar-refractivity contribution is 5.79. The van der Waals surface area contributed by atoms with Crippen molar-refractivity contribution in [1.82, 2.24) is 9.88 Å². The van der Waals surface area contributed by atoms with Crippen LogP contribution in [0.3, 0.4) is 0 Å². The molecule has 3 heterocycles. The van der Waals surface area contributed by atoms with Gasteiger partial charge >= 0.3 is 0 Å². The zero-order valence-corrected chi connectivity index (χ0v) is 13.5. The van der Waals surface area contributed by atoms with Crippen molar-refractivity contribution in [2.24, 2.45) is 11.8 Å². The van der Waals surface area contributed by atoms with E-state index in [0.717, 1.165) is 64.1 Å². The third-order valence-electron chi connectivity index (χ3n) is 4.98. The Hall–Kier alpha value is -1.42. The van der Waals surface area contributed by atoms with Gasteiger partial charge in [-0.05, 0) is 62.6 Å². The van der Waals surface area contributed by atoms with Crippen LogP contribution in [0.25, 0.3) is 0 Å². The number of hydrogen-bond acceptors (Lipinski definition) is 3. The second-order valence-electron chi connectivity index (χ2n) is 6.66. The Morgan fingerprint density at radius 2 is 2.00 bits per heavy atom. The van der Waals surface area contributed by atoms with E-state index in [0.29, 0.717) is 11.8 Å². The van der Waals surface area contributed by atoms with Crippen molar-refractivity contribution in [3.8, 4) is 0 Å². The molecule has 3 rings (SSSR count). The Morgan fingerprint density at radius 3 is 2.68 bits per heavy atom. The van der Waals surface area contributed by atoms with Crippen molar-refractivity contribution in [3.05, 3.63) is 29.6 Å². The average Bonchev–Trinajstić information content (AvgIpc) is 2.56. The predicted octanol–water partition coefficient (Wildman–Crippen LogP) is 2.60. The number of aryl methyl sites for hydroxylation is 1. The minimum Gasteiger partial charge on any atom is -0.381 e. The van der Waals surface area contributed by atoms with E-state index in [2.05, 4.69) is 22.0 Å². The number of aromatic nitrogens is 1. The molecule has 0 aliphatic carbocycles. The predicted molar refractivity (Wildman–Crippen MR) is 85.5 cm³/mol. The van der Waals surface area contributed by atoms with Gasteiger partial charge in [-0.1, -0.05) is 0 Å². The Bertz CT molecular complexity index is 504. The number of amides is 1. The van der Waals surface area contributed by atoms with Crippen molar-refractivity contribution in [1.29, 1.82) is 0 Å². The first-order chi connectivity index (χ1) is 10.7. The maximum atomic E-state index is 12.5. The van der Waals surface area contributed by atoms with E-state index in [1.807, 2.05) is 13.1 Å². The third kappa shape index (κ3) is 3.86. The van der Waals surface area contributed by atoms with Gasteiger partial charge in [0.05, 0.1) is 0 Å². The summed E-state index contributed by atoms with van der Waals surface area (Å²) in [6.45, 7) is 5.37. The lowest BCUT2D eigenvalue weighted by Crippen LogP contribution is -2.43. The number of hydrogen-bond donors (Lipinski definition) is 0. The topological polar surface area (TPSA) is 42.4 Å². The molecule has 0 saturated carbocycles. The van der Waals surface area contributed by atoms with E-state index in [-0.39, 0.29) is 5.92 Å². The molecule has 0 aromatic carbocycles.